The van der Waals surface area contributed by atoms with Crippen molar-refractivity contribution in [2.24, 2.45) is 0 Å². The van der Waals surface area contributed by atoms with Crippen LogP contribution in [0.1, 0.15) is 24.1 Å². The van der Waals surface area contributed by atoms with Crippen LogP contribution in [-0.2, 0) is 4.79 Å². The molecule has 6 nitrogen and oxygen atoms in total. The average molecular weight is 456 g/mol. The summed E-state index contributed by atoms with van der Waals surface area (Å²) >= 11 is 6.61. The highest BCUT2D eigenvalue weighted by Crippen LogP contribution is 2.39. The Morgan fingerprint density at radius 2 is 1.67 bits per heavy atom. The van der Waals surface area contributed by atoms with E-state index in [0.29, 0.717) is 33.8 Å². The topological polar surface area (TPSA) is 71.8 Å². The molecule has 33 heavy (non-hydrogen) atoms. The molecule has 1 unspecified atom stereocenters. The number of rotatable bonds is 4. The zero-order valence-corrected chi connectivity index (χ0v) is 19.0. The molecule has 5 rings (SSSR count). The largest absolute Gasteiger partial charge is 0.328 e. The van der Waals surface area contributed by atoms with Crippen molar-refractivity contribution >= 4 is 29.1 Å². The van der Waals surface area contributed by atoms with Gasteiger partial charge in [0, 0.05) is 27.5 Å². The fourth-order valence-electron chi connectivity index (χ4n) is 4.09. The molecule has 7 heteroatoms. The molecule has 0 aliphatic carbocycles. The molecule has 1 aromatic heterocycles. The van der Waals surface area contributed by atoms with E-state index >= 15 is 0 Å². The number of allylic oxidation sites excluding steroid dienone is 1. The van der Waals surface area contributed by atoms with E-state index in [0.717, 1.165) is 16.7 Å². The van der Waals surface area contributed by atoms with Crippen LogP contribution in [0.25, 0.3) is 11.4 Å². The predicted molar refractivity (Wildman–Crippen MR) is 131 cm³/mol. The SMILES string of the molecule is CC1=C(C(=O)Nc2ccccc2)C(c2ccccc2Cl)n2nc(-c3ccccc3C)nc2N1. The molecule has 0 saturated heterocycles. The van der Waals surface area contributed by atoms with Crippen LogP contribution < -0.4 is 10.6 Å². The van der Waals surface area contributed by atoms with Gasteiger partial charge in [0.2, 0.25) is 5.95 Å². The third-order valence-electron chi connectivity index (χ3n) is 5.71. The molecule has 2 heterocycles. The molecular weight excluding hydrogens is 434 g/mol. The summed E-state index contributed by atoms with van der Waals surface area (Å²) < 4.78 is 1.75. The number of hydrogen-bond acceptors (Lipinski definition) is 4. The Labute approximate surface area is 196 Å². The molecule has 0 fully saturated rings. The highest BCUT2D eigenvalue weighted by atomic mass is 35.5. The second-order valence-corrected chi connectivity index (χ2v) is 8.33. The van der Waals surface area contributed by atoms with Gasteiger partial charge in [-0.25, -0.2) is 4.68 Å². The summed E-state index contributed by atoms with van der Waals surface area (Å²) in [6.45, 7) is 3.89. The van der Waals surface area contributed by atoms with Gasteiger partial charge in [0.1, 0.15) is 6.04 Å². The zero-order chi connectivity index (χ0) is 22.9. The van der Waals surface area contributed by atoms with Gasteiger partial charge in [0.15, 0.2) is 5.82 Å². The quantitative estimate of drug-likeness (QED) is 0.406. The first-order chi connectivity index (χ1) is 16.0. The fraction of sp³-hybridized carbons (Fsp3) is 0.115. The van der Waals surface area contributed by atoms with Crippen LogP contribution in [0, 0.1) is 6.92 Å². The Morgan fingerprint density at radius 1 is 0.970 bits per heavy atom. The van der Waals surface area contributed by atoms with Crippen LogP contribution >= 0.6 is 11.6 Å². The number of halogens is 1. The van der Waals surface area contributed by atoms with E-state index in [4.69, 9.17) is 21.7 Å². The first-order valence-corrected chi connectivity index (χ1v) is 11.0. The van der Waals surface area contributed by atoms with E-state index in [-0.39, 0.29) is 5.91 Å². The van der Waals surface area contributed by atoms with E-state index in [1.54, 1.807) is 4.68 Å². The van der Waals surface area contributed by atoms with E-state index in [1.807, 2.05) is 92.7 Å². The highest BCUT2D eigenvalue weighted by Gasteiger charge is 2.35. The summed E-state index contributed by atoms with van der Waals surface area (Å²) in [5.41, 5.74) is 4.73. The molecule has 4 aromatic rings. The van der Waals surface area contributed by atoms with Crippen molar-refractivity contribution in [3.8, 4) is 11.4 Å². The van der Waals surface area contributed by atoms with Gasteiger partial charge in [-0.3, -0.25) is 4.79 Å². The maximum atomic E-state index is 13.5. The molecule has 1 aliphatic rings. The molecule has 0 radical (unpaired) electrons. The Hall–Kier alpha value is -3.90. The minimum Gasteiger partial charge on any atom is -0.328 e. The summed E-state index contributed by atoms with van der Waals surface area (Å²) in [5.74, 6) is 0.923. The van der Waals surface area contributed by atoms with Crippen LogP contribution in [0.15, 0.2) is 90.1 Å². The van der Waals surface area contributed by atoms with Crippen molar-refractivity contribution < 1.29 is 4.79 Å². The van der Waals surface area contributed by atoms with Crippen LogP contribution in [0.4, 0.5) is 11.6 Å². The van der Waals surface area contributed by atoms with Crippen molar-refractivity contribution in [1.29, 1.82) is 0 Å². The summed E-state index contributed by atoms with van der Waals surface area (Å²) in [4.78, 5) is 18.2. The van der Waals surface area contributed by atoms with Gasteiger partial charge in [-0.15, -0.1) is 5.10 Å². The zero-order valence-electron chi connectivity index (χ0n) is 18.2. The summed E-state index contributed by atoms with van der Waals surface area (Å²) in [5, 5.41) is 11.7. The van der Waals surface area contributed by atoms with Crippen LogP contribution in [0.3, 0.4) is 0 Å². The lowest BCUT2D eigenvalue weighted by Gasteiger charge is -2.29. The molecular formula is C26H22ClN5O. The Balaban J connectivity index is 1.64. The molecule has 3 aromatic carbocycles. The number of nitrogens with zero attached hydrogens (tertiary/aromatic N) is 3. The number of aromatic nitrogens is 3. The van der Waals surface area contributed by atoms with E-state index < -0.39 is 6.04 Å². The molecule has 2 N–H and O–H groups in total. The number of hydrogen-bond donors (Lipinski definition) is 2. The number of carbonyl (C=O) groups excluding carboxylic acids is 1. The van der Waals surface area contributed by atoms with Gasteiger partial charge in [0.25, 0.3) is 5.91 Å². The van der Waals surface area contributed by atoms with Gasteiger partial charge in [-0.1, -0.05) is 72.3 Å². The lowest BCUT2D eigenvalue weighted by molar-refractivity contribution is -0.113. The number of anilines is 2. The van der Waals surface area contributed by atoms with Crippen LogP contribution in [-0.4, -0.2) is 20.7 Å². The first-order valence-electron chi connectivity index (χ1n) is 10.6. The van der Waals surface area contributed by atoms with E-state index in [2.05, 4.69) is 10.6 Å². The average Bonchev–Trinajstić information content (AvgIpc) is 3.23. The van der Waals surface area contributed by atoms with Crippen molar-refractivity contribution in [3.05, 3.63) is 106 Å². The van der Waals surface area contributed by atoms with E-state index in [1.165, 1.54) is 0 Å². The lowest BCUT2D eigenvalue weighted by Crippen LogP contribution is -2.31. The number of nitrogens with one attached hydrogen (secondary N) is 2. The van der Waals surface area contributed by atoms with Gasteiger partial charge < -0.3 is 10.6 Å². The van der Waals surface area contributed by atoms with Crippen molar-refractivity contribution in [2.45, 2.75) is 19.9 Å². The third kappa shape index (κ3) is 3.90. The molecule has 0 bridgehead atoms. The van der Waals surface area contributed by atoms with E-state index in [9.17, 15) is 4.79 Å². The highest BCUT2D eigenvalue weighted by molar-refractivity contribution is 6.31. The number of aryl methyl sites for hydroxylation is 1. The normalized spacial score (nSPS) is 15.1. The van der Waals surface area contributed by atoms with Crippen LogP contribution in [0.2, 0.25) is 5.02 Å². The first kappa shape index (κ1) is 21.0. The van der Waals surface area contributed by atoms with Gasteiger partial charge in [-0.05, 0) is 37.6 Å². The standard InChI is InChI=1S/C26H22ClN5O/c1-16-10-6-7-13-19(16)24-30-26-28-17(2)22(25(33)29-18-11-4-3-5-12-18)23(32(26)31-24)20-14-8-9-15-21(20)27/h3-15,23H,1-2H3,(H,29,33)(H,28,30,31). The summed E-state index contributed by atoms with van der Waals surface area (Å²) in [6.07, 6.45) is 0. The Morgan fingerprint density at radius 3 is 2.42 bits per heavy atom. The van der Waals surface area contributed by atoms with Gasteiger partial charge in [0.05, 0.1) is 5.57 Å². The minimum atomic E-state index is -0.538. The molecule has 1 atom stereocenters. The lowest BCUT2D eigenvalue weighted by atomic mass is 9.95. The molecule has 1 amide bonds. The number of fused-ring (bicyclic) bond motifs is 1. The second kappa shape index (κ2) is 8.56. The maximum Gasteiger partial charge on any atom is 0.255 e. The van der Waals surface area contributed by atoms with Gasteiger partial charge in [-0.2, -0.15) is 4.98 Å². The van der Waals surface area contributed by atoms with Crippen molar-refractivity contribution in [2.75, 3.05) is 10.6 Å². The molecule has 1 aliphatic heterocycles. The van der Waals surface area contributed by atoms with Crippen molar-refractivity contribution in [1.82, 2.24) is 14.8 Å². The number of amides is 1. The third-order valence-corrected chi connectivity index (χ3v) is 6.06. The number of benzene rings is 3. The molecule has 0 saturated carbocycles. The number of carbonyl (C=O) groups is 1. The maximum absolute atomic E-state index is 13.5. The molecule has 164 valence electrons. The predicted octanol–water partition coefficient (Wildman–Crippen LogP) is 5.83. The Bertz CT molecular complexity index is 1380. The fourth-order valence-corrected chi connectivity index (χ4v) is 4.33. The smallest absolute Gasteiger partial charge is 0.255 e. The van der Waals surface area contributed by atoms with Crippen LogP contribution in [0.5, 0.6) is 0 Å². The summed E-state index contributed by atoms with van der Waals surface area (Å²) in [6, 6.07) is 24.3. The summed E-state index contributed by atoms with van der Waals surface area (Å²) in [7, 11) is 0. The van der Waals surface area contributed by atoms with Crippen molar-refractivity contribution in [3.63, 3.8) is 0 Å². The second-order valence-electron chi connectivity index (χ2n) is 7.93. The Kier molecular flexibility index (Phi) is 5.44. The molecule has 0 spiro atoms. The monoisotopic (exact) mass is 455 g/mol. The number of para-hydroxylation sites is 1. The minimum absolute atomic E-state index is 0.227. The van der Waals surface area contributed by atoms with Gasteiger partial charge >= 0.3 is 0 Å².